The summed E-state index contributed by atoms with van der Waals surface area (Å²) >= 11 is 5.47. The first kappa shape index (κ1) is 15.4. The smallest absolute Gasteiger partial charge is 0.0806 e. The number of nitrogens with zero attached hydrogens (tertiary/aromatic N) is 1. The molecule has 19 heavy (non-hydrogen) atoms. The second-order valence-corrected chi connectivity index (χ2v) is 7.37. The van der Waals surface area contributed by atoms with E-state index in [9.17, 15) is 0 Å². The molecule has 1 atom stereocenters. The highest BCUT2D eigenvalue weighted by Gasteiger charge is 2.32. The summed E-state index contributed by atoms with van der Waals surface area (Å²) in [6.07, 6.45) is 0.311. The molecule has 2 rings (SSSR count). The van der Waals surface area contributed by atoms with Crippen molar-refractivity contribution in [2.45, 2.75) is 30.4 Å². The predicted octanol–water partition coefficient (Wildman–Crippen LogP) is 3.65. The molecule has 1 aromatic rings. The Hall–Kier alpha value is -0.0300. The van der Waals surface area contributed by atoms with Crippen LogP contribution in [0.25, 0.3) is 0 Å². The normalized spacial score (nSPS) is 23.4. The fraction of sp³-hybridized carbons (Fsp3) is 0.600. The standard InChI is InChI=1S/C15H22BrNOS/c1-15(2)12-17(11-13(10-16)18-15)8-9-19-14-6-4-3-5-7-14/h3-7,13H,8-12H2,1-2H3. The molecule has 1 unspecified atom stereocenters. The molecule has 1 aliphatic heterocycles. The van der Waals surface area contributed by atoms with E-state index in [1.807, 2.05) is 11.8 Å². The Kier molecular flexibility index (Phi) is 5.75. The molecule has 1 saturated heterocycles. The minimum Gasteiger partial charge on any atom is -0.369 e. The Morgan fingerprint density at radius 2 is 2.11 bits per heavy atom. The van der Waals surface area contributed by atoms with Gasteiger partial charge in [-0.05, 0) is 26.0 Å². The Bertz CT molecular complexity index is 385. The number of ether oxygens (including phenoxy) is 1. The van der Waals surface area contributed by atoms with E-state index in [2.05, 4.69) is 65.0 Å². The van der Waals surface area contributed by atoms with Crippen LogP contribution in [0.4, 0.5) is 0 Å². The monoisotopic (exact) mass is 343 g/mol. The molecule has 0 radical (unpaired) electrons. The van der Waals surface area contributed by atoms with E-state index in [-0.39, 0.29) is 5.60 Å². The van der Waals surface area contributed by atoms with E-state index in [1.54, 1.807) is 0 Å². The molecule has 0 bridgehead atoms. The maximum absolute atomic E-state index is 6.02. The van der Waals surface area contributed by atoms with Gasteiger partial charge in [-0.15, -0.1) is 11.8 Å². The SMILES string of the molecule is CC1(C)CN(CCSc2ccccc2)CC(CBr)O1. The van der Waals surface area contributed by atoms with E-state index in [0.717, 1.165) is 30.7 Å². The number of hydrogen-bond acceptors (Lipinski definition) is 3. The molecule has 4 heteroatoms. The van der Waals surface area contributed by atoms with Gasteiger partial charge < -0.3 is 4.74 Å². The van der Waals surface area contributed by atoms with Gasteiger partial charge in [-0.1, -0.05) is 34.1 Å². The van der Waals surface area contributed by atoms with Crippen molar-refractivity contribution < 1.29 is 4.74 Å². The zero-order valence-corrected chi connectivity index (χ0v) is 14.0. The Morgan fingerprint density at radius 3 is 2.79 bits per heavy atom. The Labute approximate surface area is 129 Å². The third-order valence-corrected chi connectivity index (χ3v) is 4.86. The topological polar surface area (TPSA) is 12.5 Å². The molecule has 2 nitrogen and oxygen atoms in total. The summed E-state index contributed by atoms with van der Waals surface area (Å²) in [4.78, 5) is 3.87. The third-order valence-electron chi connectivity index (χ3n) is 3.14. The molecule has 0 amide bonds. The molecule has 1 fully saturated rings. The van der Waals surface area contributed by atoms with Crippen molar-refractivity contribution in [2.75, 3.05) is 30.7 Å². The minimum atomic E-state index is -0.0336. The van der Waals surface area contributed by atoms with Gasteiger partial charge in [-0.3, -0.25) is 4.90 Å². The molecule has 0 saturated carbocycles. The van der Waals surface area contributed by atoms with Crippen molar-refractivity contribution in [2.24, 2.45) is 0 Å². The van der Waals surface area contributed by atoms with Crippen LogP contribution in [0.1, 0.15) is 13.8 Å². The van der Waals surface area contributed by atoms with Gasteiger partial charge in [0, 0.05) is 35.6 Å². The van der Waals surface area contributed by atoms with Gasteiger partial charge in [0.05, 0.1) is 11.7 Å². The largest absolute Gasteiger partial charge is 0.369 e. The predicted molar refractivity (Wildman–Crippen MR) is 86.4 cm³/mol. The lowest BCUT2D eigenvalue weighted by molar-refractivity contribution is -0.125. The van der Waals surface area contributed by atoms with E-state index in [0.29, 0.717) is 6.10 Å². The summed E-state index contributed by atoms with van der Waals surface area (Å²) in [7, 11) is 0. The van der Waals surface area contributed by atoms with Crippen LogP contribution in [-0.4, -0.2) is 47.3 Å². The summed E-state index contributed by atoms with van der Waals surface area (Å²) in [6.45, 7) is 7.53. The first-order valence-electron chi connectivity index (χ1n) is 6.73. The molecule has 106 valence electrons. The van der Waals surface area contributed by atoms with Crippen molar-refractivity contribution >= 4 is 27.7 Å². The number of rotatable bonds is 5. The maximum Gasteiger partial charge on any atom is 0.0806 e. The molecule has 0 N–H and O–H groups in total. The van der Waals surface area contributed by atoms with Crippen molar-refractivity contribution in [1.29, 1.82) is 0 Å². The summed E-state index contributed by atoms with van der Waals surface area (Å²) < 4.78 is 6.02. The van der Waals surface area contributed by atoms with Crippen LogP contribution in [0.3, 0.4) is 0 Å². The van der Waals surface area contributed by atoms with Crippen molar-refractivity contribution in [3.05, 3.63) is 30.3 Å². The van der Waals surface area contributed by atoms with Gasteiger partial charge in [0.15, 0.2) is 0 Å². The number of halogens is 1. The average molecular weight is 344 g/mol. The summed E-state index contributed by atoms with van der Waals surface area (Å²) in [5, 5.41) is 0.915. The second-order valence-electron chi connectivity index (χ2n) is 5.55. The highest BCUT2D eigenvalue weighted by Crippen LogP contribution is 2.23. The van der Waals surface area contributed by atoms with Crippen LogP contribution < -0.4 is 0 Å². The lowest BCUT2D eigenvalue weighted by atomic mass is 10.1. The summed E-state index contributed by atoms with van der Waals surface area (Å²) in [6, 6.07) is 10.6. The highest BCUT2D eigenvalue weighted by molar-refractivity contribution is 9.09. The number of alkyl halides is 1. The van der Waals surface area contributed by atoms with Crippen LogP contribution >= 0.6 is 27.7 Å². The molecule has 1 heterocycles. The maximum atomic E-state index is 6.02. The fourth-order valence-corrected chi connectivity index (χ4v) is 3.75. The number of thioether (sulfide) groups is 1. The summed E-state index contributed by atoms with van der Waals surface area (Å²) in [5.74, 6) is 1.13. The lowest BCUT2D eigenvalue weighted by Crippen LogP contribution is -2.53. The van der Waals surface area contributed by atoms with Crippen LogP contribution in [-0.2, 0) is 4.74 Å². The van der Waals surface area contributed by atoms with Gasteiger partial charge in [0.25, 0.3) is 0 Å². The van der Waals surface area contributed by atoms with Crippen LogP contribution in [0, 0.1) is 0 Å². The molecule has 0 aromatic heterocycles. The minimum absolute atomic E-state index is 0.0336. The van der Waals surface area contributed by atoms with Crippen molar-refractivity contribution in [1.82, 2.24) is 4.90 Å². The third kappa shape index (κ3) is 5.10. The van der Waals surface area contributed by atoms with Crippen LogP contribution in [0.15, 0.2) is 35.2 Å². The number of morpholine rings is 1. The number of benzene rings is 1. The number of hydrogen-bond donors (Lipinski definition) is 0. The molecule has 0 spiro atoms. The second kappa shape index (κ2) is 7.11. The first-order valence-corrected chi connectivity index (χ1v) is 8.84. The first-order chi connectivity index (χ1) is 9.09. The van der Waals surface area contributed by atoms with E-state index >= 15 is 0 Å². The van der Waals surface area contributed by atoms with E-state index in [4.69, 9.17) is 4.74 Å². The quantitative estimate of drug-likeness (QED) is 0.598. The van der Waals surface area contributed by atoms with Gasteiger partial charge in [0.1, 0.15) is 0 Å². The lowest BCUT2D eigenvalue weighted by Gasteiger charge is -2.42. The molecule has 1 aromatic carbocycles. The molecular weight excluding hydrogens is 322 g/mol. The Morgan fingerprint density at radius 1 is 1.37 bits per heavy atom. The van der Waals surface area contributed by atoms with Gasteiger partial charge in [0.2, 0.25) is 0 Å². The van der Waals surface area contributed by atoms with E-state index < -0.39 is 0 Å². The van der Waals surface area contributed by atoms with E-state index in [1.165, 1.54) is 4.90 Å². The zero-order valence-electron chi connectivity index (χ0n) is 11.6. The highest BCUT2D eigenvalue weighted by atomic mass is 79.9. The fourth-order valence-electron chi connectivity index (χ4n) is 2.48. The van der Waals surface area contributed by atoms with Gasteiger partial charge in [-0.2, -0.15) is 0 Å². The molecule has 1 aliphatic rings. The summed E-state index contributed by atoms with van der Waals surface area (Å²) in [5.41, 5.74) is -0.0336. The van der Waals surface area contributed by atoms with Gasteiger partial charge in [-0.25, -0.2) is 0 Å². The van der Waals surface area contributed by atoms with Gasteiger partial charge >= 0.3 is 0 Å². The van der Waals surface area contributed by atoms with Crippen molar-refractivity contribution in [3.63, 3.8) is 0 Å². The average Bonchev–Trinajstić information content (AvgIpc) is 2.38. The Balaban J connectivity index is 1.79. The molecular formula is C15H22BrNOS. The molecule has 0 aliphatic carbocycles. The van der Waals surface area contributed by atoms with Crippen LogP contribution in [0.2, 0.25) is 0 Å². The zero-order chi connectivity index (χ0) is 13.7. The van der Waals surface area contributed by atoms with Crippen molar-refractivity contribution in [3.8, 4) is 0 Å². The van der Waals surface area contributed by atoms with Crippen LogP contribution in [0.5, 0.6) is 0 Å².